The summed E-state index contributed by atoms with van der Waals surface area (Å²) in [7, 11) is 0. The van der Waals surface area contributed by atoms with E-state index in [1.807, 2.05) is 32.0 Å². The van der Waals surface area contributed by atoms with E-state index in [4.69, 9.17) is 0 Å². The third kappa shape index (κ3) is 5.29. The third-order valence-electron chi connectivity index (χ3n) is 1.80. The van der Waals surface area contributed by atoms with E-state index in [2.05, 4.69) is 31.3 Å². The Balaban J connectivity index is 0.000000671. The van der Waals surface area contributed by atoms with Crippen molar-refractivity contribution in [3.8, 4) is 0 Å². The summed E-state index contributed by atoms with van der Waals surface area (Å²) >= 11 is 0. The summed E-state index contributed by atoms with van der Waals surface area (Å²) < 4.78 is 0. The minimum absolute atomic E-state index is 0.567. The zero-order valence-electron chi connectivity index (χ0n) is 9.17. The zero-order chi connectivity index (χ0) is 10.1. The van der Waals surface area contributed by atoms with Gasteiger partial charge in [0, 0.05) is 11.7 Å². The molecule has 0 amide bonds. The lowest BCUT2D eigenvalue weighted by Gasteiger charge is -2.11. The summed E-state index contributed by atoms with van der Waals surface area (Å²) in [4.78, 5) is 0. The monoisotopic (exact) mass is 179 g/mol. The molecule has 1 atom stereocenters. The Hall–Kier alpha value is -0.980. The molecule has 0 spiro atoms. The molecule has 0 saturated heterocycles. The van der Waals surface area contributed by atoms with Gasteiger partial charge in [0.15, 0.2) is 0 Å². The highest BCUT2D eigenvalue weighted by Crippen LogP contribution is 2.07. The van der Waals surface area contributed by atoms with E-state index in [0.29, 0.717) is 6.04 Å². The third-order valence-corrected chi connectivity index (χ3v) is 1.80. The number of para-hydroxylation sites is 1. The molecular weight excluding hydrogens is 158 g/mol. The average molecular weight is 179 g/mol. The van der Waals surface area contributed by atoms with Crippen molar-refractivity contribution in [1.82, 2.24) is 0 Å². The molecule has 0 fully saturated rings. The molecule has 0 aliphatic carbocycles. The van der Waals surface area contributed by atoms with Gasteiger partial charge in [0.1, 0.15) is 0 Å². The Labute approximate surface area is 82.2 Å². The van der Waals surface area contributed by atoms with Crippen LogP contribution in [-0.2, 0) is 0 Å². The Bertz CT molecular complexity index is 194. The smallest absolute Gasteiger partial charge is 0.0342 e. The molecule has 0 aliphatic heterocycles. The van der Waals surface area contributed by atoms with Crippen molar-refractivity contribution in [2.75, 3.05) is 5.32 Å². The summed E-state index contributed by atoms with van der Waals surface area (Å²) in [5.41, 5.74) is 1.21. The molecule has 1 N–H and O–H groups in total. The van der Waals surface area contributed by atoms with Crippen LogP contribution in [0.15, 0.2) is 30.3 Å². The number of benzene rings is 1. The highest BCUT2D eigenvalue weighted by atomic mass is 14.9. The second-order valence-corrected chi connectivity index (χ2v) is 2.82. The first kappa shape index (κ1) is 12.0. The molecule has 0 aliphatic rings. The molecule has 13 heavy (non-hydrogen) atoms. The highest BCUT2D eigenvalue weighted by Gasteiger charge is 1.95. The summed E-state index contributed by atoms with van der Waals surface area (Å²) in [5.74, 6) is 0. The van der Waals surface area contributed by atoms with Crippen LogP contribution in [0.4, 0.5) is 5.69 Å². The van der Waals surface area contributed by atoms with Gasteiger partial charge in [-0.1, -0.05) is 39.0 Å². The number of rotatable bonds is 3. The summed E-state index contributed by atoms with van der Waals surface area (Å²) in [5, 5.41) is 3.39. The van der Waals surface area contributed by atoms with Crippen LogP contribution in [0.1, 0.15) is 34.1 Å². The van der Waals surface area contributed by atoms with Crippen LogP contribution in [0.25, 0.3) is 0 Å². The topological polar surface area (TPSA) is 12.0 Å². The van der Waals surface area contributed by atoms with Crippen molar-refractivity contribution in [1.29, 1.82) is 0 Å². The Morgan fingerprint density at radius 2 is 1.69 bits per heavy atom. The van der Waals surface area contributed by atoms with Crippen molar-refractivity contribution < 1.29 is 0 Å². The van der Waals surface area contributed by atoms with Gasteiger partial charge in [-0.25, -0.2) is 0 Å². The largest absolute Gasteiger partial charge is 0.383 e. The minimum Gasteiger partial charge on any atom is -0.383 e. The highest BCUT2D eigenvalue weighted by molar-refractivity contribution is 5.43. The van der Waals surface area contributed by atoms with E-state index in [1.165, 1.54) is 5.69 Å². The van der Waals surface area contributed by atoms with Gasteiger partial charge < -0.3 is 5.32 Å². The molecule has 0 aromatic heterocycles. The molecule has 1 unspecified atom stereocenters. The molecule has 1 nitrogen and oxygen atoms in total. The van der Waals surface area contributed by atoms with Gasteiger partial charge in [-0.3, -0.25) is 0 Å². The van der Waals surface area contributed by atoms with Gasteiger partial charge in [-0.15, -0.1) is 0 Å². The minimum atomic E-state index is 0.567. The fraction of sp³-hybridized carbons (Fsp3) is 0.500. The fourth-order valence-corrected chi connectivity index (χ4v) is 0.921. The van der Waals surface area contributed by atoms with Crippen LogP contribution < -0.4 is 5.32 Å². The molecule has 1 aromatic carbocycles. The molecule has 0 radical (unpaired) electrons. The van der Waals surface area contributed by atoms with Crippen LogP contribution in [0, 0.1) is 0 Å². The van der Waals surface area contributed by atoms with Gasteiger partial charge in [0.05, 0.1) is 0 Å². The van der Waals surface area contributed by atoms with E-state index in [9.17, 15) is 0 Å². The predicted molar refractivity (Wildman–Crippen MR) is 61.2 cm³/mol. The van der Waals surface area contributed by atoms with E-state index >= 15 is 0 Å². The van der Waals surface area contributed by atoms with Crippen LogP contribution in [0.2, 0.25) is 0 Å². The Morgan fingerprint density at radius 1 is 1.15 bits per heavy atom. The van der Waals surface area contributed by atoms with Gasteiger partial charge >= 0.3 is 0 Å². The summed E-state index contributed by atoms with van der Waals surface area (Å²) in [6.45, 7) is 8.37. The lowest BCUT2D eigenvalue weighted by molar-refractivity contribution is 0.764. The Kier molecular flexibility index (Phi) is 7.08. The molecule has 0 saturated carbocycles. The fourth-order valence-electron chi connectivity index (χ4n) is 0.921. The zero-order valence-corrected chi connectivity index (χ0v) is 9.17. The van der Waals surface area contributed by atoms with E-state index < -0.39 is 0 Å². The van der Waals surface area contributed by atoms with Crippen molar-refractivity contribution in [2.45, 2.75) is 40.2 Å². The molecule has 1 rings (SSSR count). The SMILES string of the molecule is CC.CCC(C)Nc1ccccc1. The number of hydrogen-bond donors (Lipinski definition) is 1. The molecule has 1 heteroatoms. The molecule has 74 valence electrons. The van der Waals surface area contributed by atoms with Gasteiger partial charge in [0.25, 0.3) is 0 Å². The van der Waals surface area contributed by atoms with Gasteiger partial charge in [-0.05, 0) is 25.5 Å². The predicted octanol–water partition coefficient (Wildman–Crippen LogP) is 3.92. The average Bonchev–Trinajstić information content (AvgIpc) is 2.22. The number of hydrogen-bond acceptors (Lipinski definition) is 1. The maximum Gasteiger partial charge on any atom is 0.0342 e. The molecular formula is C12H21N. The van der Waals surface area contributed by atoms with Crippen molar-refractivity contribution >= 4 is 5.69 Å². The lowest BCUT2D eigenvalue weighted by atomic mass is 10.2. The number of nitrogens with one attached hydrogen (secondary N) is 1. The van der Waals surface area contributed by atoms with Crippen LogP contribution >= 0.6 is 0 Å². The molecule has 0 heterocycles. The second-order valence-electron chi connectivity index (χ2n) is 2.82. The van der Waals surface area contributed by atoms with E-state index in [-0.39, 0.29) is 0 Å². The van der Waals surface area contributed by atoms with E-state index in [1.54, 1.807) is 0 Å². The van der Waals surface area contributed by atoms with E-state index in [0.717, 1.165) is 6.42 Å². The van der Waals surface area contributed by atoms with Crippen molar-refractivity contribution in [3.05, 3.63) is 30.3 Å². The normalized spacial score (nSPS) is 11.1. The molecule has 1 aromatic rings. The summed E-state index contributed by atoms with van der Waals surface area (Å²) in [6.07, 6.45) is 1.16. The van der Waals surface area contributed by atoms with Gasteiger partial charge in [-0.2, -0.15) is 0 Å². The van der Waals surface area contributed by atoms with Crippen LogP contribution in [0.3, 0.4) is 0 Å². The number of anilines is 1. The summed E-state index contributed by atoms with van der Waals surface area (Å²) in [6, 6.07) is 10.9. The molecule has 0 bridgehead atoms. The first-order valence-electron chi connectivity index (χ1n) is 5.14. The maximum absolute atomic E-state index is 3.39. The van der Waals surface area contributed by atoms with Gasteiger partial charge in [0.2, 0.25) is 0 Å². The Morgan fingerprint density at radius 3 is 2.15 bits per heavy atom. The van der Waals surface area contributed by atoms with Crippen LogP contribution in [0.5, 0.6) is 0 Å². The first-order chi connectivity index (χ1) is 6.33. The maximum atomic E-state index is 3.39. The second kappa shape index (κ2) is 7.66. The quantitative estimate of drug-likeness (QED) is 0.741. The standard InChI is InChI=1S/C10H15N.C2H6/c1-3-9(2)11-10-7-5-4-6-8-10;1-2/h4-9,11H,3H2,1-2H3;1-2H3. The lowest BCUT2D eigenvalue weighted by Crippen LogP contribution is -2.12. The van der Waals surface area contributed by atoms with Crippen molar-refractivity contribution in [3.63, 3.8) is 0 Å². The van der Waals surface area contributed by atoms with Crippen LogP contribution in [-0.4, -0.2) is 6.04 Å². The van der Waals surface area contributed by atoms with Crippen molar-refractivity contribution in [2.24, 2.45) is 0 Å². The first-order valence-corrected chi connectivity index (χ1v) is 5.14.